The molecule has 0 fully saturated rings. The number of nitrogens with one attached hydrogen (secondary N) is 2. The van der Waals surface area contributed by atoms with Gasteiger partial charge >= 0.3 is 0 Å². The SMILES string of the molecule is CCNCc1ccccc1NC(=O)c1cc(C)cc(C)c1.Cl. The van der Waals surface area contributed by atoms with Crippen LogP contribution in [0.5, 0.6) is 0 Å². The molecule has 0 aliphatic heterocycles. The van der Waals surface area contributed by atoms with Gasteiger partial charge in [-0.3, -0.25) is 4.79 Å². The van der Waals surface area contributed by atoms with E-state index in [4.69, 9.17) is 0 Å². The monoisotopic (exact) mass is 318 g/mol. The molecule has 0 bridgehead atoms. The van der Waals surface area contributed by atoms with Gasteiger partial charge in [0, 0.05) is 17.8 Å². The molecule has 4 heteroatoms. The van der Waals surface area contributed by atoms with E-state index in [9.17, 15) is 4.79 Å². The van der Waals surface area contributed by atoms with Crippen LogP contribution < -0.4 is 10.6 Å². The molecule has 118 valence electrons. The molecule has 0 aliphatic carbocycles. The fraction of sp³-hybridized carbons (Fsp3) is 0.278. The van der Waals surface area contributed by atoms with Crippen LogP contribution in [0.1, 0.15) is 34.0 Å². The molecular weight excluding hydrogens is 296 g/mol. The number of anilines is 1. The minimum Gasteiger partial charge on any atom is -0.322 e. The predicted molar refractivity (Wildman–Crippen MR) is 94.9 cm³/mol. The molecule has 22 heavy (non-hydrogen) atoms. The number of aryl methyl sites for hydroxylation is 2. The fourth-order valence-electron chi connectivity index (χ4n) is 2.36. The number of carbonyl (C=O) groups is 1. The van der Waals surface area contributed by atoms with Gasteiger partial charge in [0.15, 0.2) is 0 Å². The molecule has 2 rings (SSSR count). The van der Waals surface area contributed by atoms with Crippen molar-refractivity contribution in [3.05, 3.63) is 64.7 Å². The van der Waals surface area contributed by atoms with Crippen molar-refractivity contribution in [3.63, 3.8) is 0 Å². The fourth-order valence-corrected chi connectivity index (χ4v) is 2.36. The molecule has 0 atom stereocenters. The van der Waals surface area contributed by atoms with E-state index in [1.807, 2.05) is 50.2 Å². The second kappa shape index (κ2) is 8.57. The van der Waals surface area contributed by atoms with Gasteiger partial charge in [0.1, 0.15) is 0 Å². The number of halogens is 1. The summed E-state index contributed by atoms with van der Waals surface area (Å²) in [4.78, 5) is 12.4. The van der Waals surface area contributed by atoms with Crippen LogP contribution in [0.15, 0.2) is 42.5 Å². The standard InChI is InChI=1S/C18H22N2O.ClH/c1-4-19-12-15-7-5-6-8-17(15)20-18(21)16-10-13(2)9-14(3)11-16;/h5-11,19H,4,12H2,1-3H3,(H,20,21);1H. The van der Waals surface area contributed by atoms with E-state index in [1.54, 1.807) is 0 Å². The minimum absolute atomic E-state index is 0. The third-order valence-electron chi connectivity index (χ3n) is 3.31. The Labute approximate surface area is 138 Å². The molecule has 0 aromatic heterocycles. The topological polar surface area (TPSA) is 41.1 Å². The van der Waals surface area contributed by atoms with Crippen LogP contribution in [0.4, 0.5) is 5.69 Å². The smallest absolute Gasteiger partial charge is 0.255 e. The average Bonchev–Trinajstić information content (AvgIpc) is 2.45. The third kappa shape index (κ3) is 4.86. The highest BCUT2D eigenvalue weighted by atomic mass is 35.5. The maximum atomic E-state index is 12.4. The minimum atomic E-state index is -0.0641. The van der Waals surface area contributed by atoms with E-state index in [0.717, 1.165) is 35.5 Å². The quantitative estimate of drug-likeness (QED) is 0.872. The summed E-state index contributed by atoms with van der Waals surface area (Å²) < 4.78 is 0. The van der Waals surface area contributed by atoms with Crippen LogP contribution in [-0.4, -0.2) is 12.5 Å². The third-order valence-corrected chi connectivity index (χ3v) is 3.31. The highest BCUT2D eigenvalue weighted by Gasteiger charge is 2.09. The summed E-state index contributed by atoms with van der Waals surface area (Å²) in [6.07, 6.45) is 0. The summed E-state index contributed by atoms with van der Waals surface area (Å²) in [7, 11) is 0. The van der Waals surface area contributed by atoms with Crippen LogP contribution in [0.3, 0.4) is 0 Å². The van der Waals surface area contributed by atoms with Crippen molar-refractivity contribution in [2.24, 2.45) is 0 Å². The molecule has 2 aromatic carbocycles. The Balaban J connectivity index is 0.00000242. The average molecular weight is 319 g/mol. The lowest BCUT2D eigenvalue weighted by atomic mass is 10.1. The number of hydrogen-bond acceptors (Lipinski definition) is 2. The Morgan fingerprint density at radius 1 is 1.05 bits per heavy atom. The van der Waals surface area contributed by atoms with Gasteiger partial charge in [0.25, 0.3) is 5.91 Å². The Hall–Kier alpha value is -1.84. The van der Waals surface area contributed by atoms with E-state index in [-0.39, 0.29) is 18.3 Å². The van der Waals surface area contributed by atoms with Gasteiger partial charge in [-0.15, -0.1) is 12.4 Å². The summed E-state index contributed by atoms with van der Waals surface area (Å²) in [5.74, 6) is -0.0641. The molecule has 1 amide bonds. The number of amides is 1. The van der Waals surface area contributed by atoms with Crippen molar-refractivity contribution < 1.29 is 4.79 Å². The molecule has 0 saturated heterocycles. The highest BCUT2D eigenvalue weighted by Crippen LogP contribution is 2.17. The molecule has 0 unspecified atom stereocenters. The molecule has 2 N–H and O–H groups in total. The lowest BCUT2D eigenvalue weighted by molar-refractivity contribution is 0.102. The van der Waals surface area contributed by atoms with E-state index >= 15 is 0 Å². The zero-order valence-corrected chi connectivity index (χ0v) is 14.1. The first-order chi connectivity index (χ1) is 10.1. The van der Waals surface area contributed by atoms with Crippen LogP contribution in [0.2, 0.25) is 0 Å². The number of carbonyl (C=O) groups excluding carboxylic acids is 1. The Bertz CT molecular complexity index is 620. The number of hydrogen-bond donors (Lipinski definition) is 2. The number of rotatable bonds is 5. The van der Waals surface area contributed by atoms with Crippen LogP contribution in [0.25, 0.3) is 0 Å². The maximum absolute atomic E-state index is 12.4. The Kier molecular flexibility index (Phi) is 7.09. The Morgan fingerprint density at radius 2 is 1.68 bits per heavy atom. The first-order valence-electron chi connectivity index (χ1n) is 7.28. The molecule has 0 saturated carbocycles. The van der Waals surface area contributed by atoms with Gasteiger partial charge in [-0.05, 0) is 44.2 Å². The van der Waals surface area contributed by atoms with Crippen molar-refractivity contribution in [1.29, 1.82) is 0 Å². The predicted octanol–water partition coefficient (Wildman–Crippen LogP) is 4.09. The summed E-state index contributed by atoms with van der Waals surface area (Å²) in [5.41, 5.74) is 4.85. The molecule has 3 nitrogen and oxygen atoms in total. The van der Waals surface area contributed by atoms with Crippen molar-refractivity contribution in [2.45, 2.75) is 27.3 Å². The van der Waals surface area contributed by atoms with E-state index in [2.05, 4.69) is 23.6 Å². The van der Waals surface area contributed by atoms with Crippen molar-refractivity contribution >= 4 is 24.0 Å². The van der Waals surface area contributed by atoms with Gasteiger partial charge in [-0.2, -0.15) is 0 Å². The number of benzene rings is 2. The van der Waals surface area contributed by atoms with Gasteiger partial charge in [0.05, 0.1) is 0 Å². The molecule has 0 spiro atoms. The Morgan fingerprint density at radius 3 is 2.32 bits per heavy atom. The molecule has 0 radical (unpaired) electrons. The second-order valence-electron chi connectivity index (χ2n) is 5.27. The zero-order chi connectivity index (χ0) is 15.2. The molecule has 2 aromatic rings. The molecule has 0 aliphatic rings. The van der Waals surface area contributed by atoms with Crippen LogP contribution >= 0.6 is 12.4 Å². The maximum Gasteiger partial charge on any atom is 0.255 e. The van der Waals surface area contributed by atoms with Gasteiger partial charge in [0.2, 0.25) is 0 Å². The highest BCUT2D eigenvalue weighted by molar-refractivity contribution is 6.04. The van der Waals surface area contributed by atoms with Gasteiger partial charge < -0.3 is 10.6 Å². The van der Waals surface area contributed by atoms with Gasteiger partial charge in [-0.25, -0.2) is 0 Å². The second-order valence-corrected chi connectivity index (χ2v) is 5.27. The lowest BCUT2D eigenvalue weighted by Crippen LogP contribution is -2.17. The lowest BCUT2D eigenvalue weighted by Gasteiger charge is -2.12. The van der Waals surface area contributed by atoms with E-state index < -0.39 is 0 Å². The first kappa shape index (κ1) is 18.2. The van der Waals surface area contributed by atoms with Crippen LogP contribution in [-0.2, 0) is 6.54 Å². The summed E-state index contributed by atoms with van der Waals surface area (Å²) in [5, 5.41) is 6.30. The van der Waals surface area contributed by atoms with E-state index in [1.165, 1.54) is 0 Å². The summed E-state index contributed by atoms with van der Waals surface area (Å²) in [6.45, 7) is 7.72. The van der Waals surface area contributed by atoms with Crippen molar-refractivity contribution in [1.82, 2.24) is 5.32 Å². The van der Waals surface area contributed by atoms with E-state index in [0.29, 0.717) is 5.56 Å². The normalized spacial score (nSPS) is 9.95. The summed E-state index contributed by atoms with van der Waals surface area (Å²) >= 11 is 0. The number of para-hydroxylation sites is 1. The van der Waals surface area contributed by atoms with Crippen molar-refractivity contribution in [2.75, 3.05) is 11.9 Å². The summed E-state index contributed by atoms with van der Waals surface area (Å²) in [6, 6.07) is 13.8. The van der Waals surface area contributed by atoms with Crippen LogP contribution in [0, 0.1) is 13.8 Å². The van der Waals surface area contributed by atoms with Gasteiger partial charge in [-0.1, -0.05) is 42.3 Å². The first-order valence-corrected chi connectivity index (χ1v) is 7.28. The largest absolute Gasteiger partial charge is 0.322 e. The molecular formula is C18H23ClN2O. The van der Waals surface area contributed by atoms with Crippen molar-refractivity contribution in [3.8, 4) is 0 Å². The molecule has 0 heterocycles. The zero-order valence-electron chi connectivity index (χ0n) is 13.3.